The summed E-state index contributed by atoms with van der Waals surface area (Å²) in [5.41, 5.74) is 3.86. The minimum Gasteiger partial charge on any atom is -0.294 e. The Kier molecular flexibility index (Phi) is 1.62. The molecule has 17 heavy (non-hydrogen) atoms. The maximum absolute atomic E-state index is 12.4. The predicted octanol–water partition coefficient (Wildman–Crippen LogP) is 2.55. The van der Waals surface area contributed by atoms with Gasteiger partial charge in [0.1, 0.15) is 0 Å². The molecule has 0 amide bonds. The monoisotopic (exact) mass is 224 g/mol. The molecule has 3 aliphatic carbocycles. The highest BCUT2D eigenvalue weighted by Crippen LogP contribution is 2.41. The van der Waals surface area contributed by atoms with E-state index in [0.29, 0.717) is 11.1 Å². The van der Waals surface area contributed by atoms with Gasteiger partial charge in [-0.1, -0.05) is 12.2 Å². The summed E-state index contributed by atoms with van der Waals surface area (Å²) in [7, 11) is 0. The molecule has 0 spiro atoms. The summed E-state index contributed by atoms with van der Waals surface area (Å²) in [4.78, 5) is 24.8. The smallest absolute Gasteiger partial charge is 0.167 e. The summed E-state index contributed by atoms with van der Waals surface area (Å²) >= 11 is 0. The number of carbonyl (C=O) groups excluding carboxylic acids is 2. The number of ketones is 2. The highest BCUT2D eigenvalue weighted by molar-refractivity contribution is 6.16. The number of benzene rings is 1. The van der Waals surface area contributed by atoms with Gasteiger partial charge in [-0.25, -0.2) is 0 Å². The summed E-state index contributed by atoms with van der Waals surface area (Å²) in [5.74, 6) is 0.167. The van der Waals surface area contributed by atoms with Crippen LogP contribution in [0.15, 0.2) is 24.3 Å². The molecule has 3 aliphatic rings. The molecular weight excluding hydrogens is 212 g/mol. The zero-order valence-electron chi connectivity index (χ0n) is 9.40. The molecule has 0 unspecified atom stereocenters. The van der Waals surface area contributed by atoms with E-state index < -0.39 is 0 Å². The summed E-state index contributed by atoms with van der Waals surface area (Å²) in [5, 5.41) is 0. The normalized spacial score (nSPS) is 28.5. The van der Waals surface area contributed by atoms with Crippen molar-refractivity contribution < 1.29 is 9.59 Å². The van der Waals surface area contributed by atoms with Gasteiger partial charge in [0.15, 0.2) is 11.6 Å². The number of fused-ring (bicyclic) bond motifs is 3. The number of carbonyl (C=O) groups is 2. The lowest BCUT2D eigenvalue weighted by atomic mass is 9.69. The van der Waals surface area contributed by atoms with Gasteiger partial charge < -0.3 is 0 Å². The largest absolute Gasteiger partial charge is 0.294 e. The van der Waals surface area contributed by atoms with Crippen molar-refractivity contribution in [3.05, 3.63) is 46.5 Å². The van der Waals surface area contributed by atoms with Crippen LogP contribution in [-0.2, 0) is 6.42 Å². The van der Waals surface area contributed by atoms with E-state index in [1.54, 1.807) is 0 Å². The molecule has 0 saturated heterocycles. The average molecular weight is 224 g/mol. The quantitative estimate of drug-likeness (QED) is 0.644. The Labute approximate surface area is 99.3 Å². The minimum atomic E-state index is -0.100. The molecule has 0 aliphatic heterocycles. The molecule has 0 radical (unpaired) electrons. The second-order valence-corrected chi connectivity index (χ2v) is 5.23. The predicted molar refractivity (Wildman–Crippen MR) is 63.3 cm³/mol. The van der Waals surface area contributed by atoms with Crippen LogP contribution < -0.4 is 0 Å². The van der Waals surface area contributed by atoms with Crippen molar-refractivity contribution >= 4 is 11.6 Å². The van der Waals surface area contributed by atoms with E-state index in [2.05, 4.69) is 0 Å². The fourth-order valence-electron chi connectivity index (χ4n) is 3.15. The van der Waals surface area contributed by atoms with E-state index in [0.717, 1.165) is 19.3 Å². The molecule has 84 valence electrons. The van der Waals surface area contributed by atoms with Crippen LogP contribution in [0, 0.1) is 11.8 Å². The van der Waals surface area contributed by atoms with E-state index in [1.165, 1.54) is 11.1 Å². The standard InChI is InChI=1S/C15H12O2/c16-14-10-3-1-2-4-11(10)15(17)13-7-9-5-8(9)6-12(13)14/h1-2,6-7,10-11H,3-5H2/t10-,11+. The Balaban J connectivity index is 1.92. The Hall–Kier alpha value is -1.70. The van der Waals surface area contributed by atoms with Crippen LogP contribution in [0.4, 0.5) is 0 Å². The Morgan fingerprint density at radius 1 is 0.824 bits per heavy atom. The Bertz CT molecular complexity index is 544. The molecular formula is C15H12O2. The number of hydrogen-bond acceptors (Lipinski definition) is 2. The number of rotatable bonds is 0. The van der Waals surface area contributed by atoms with E-state index in [1.807, 2.05) is 24.3 Å². The topological polar surface area (TPSA) is 34.1 Å². The molecule has 0 heterocycles. The lowest BCUT2D eigenvalue weighted by Gasteiger charge is -2.31. The van der Waals surface area contributed by atoms with Crippen LogP contribution >= 0.6 is 0 Å². The number of Topliss-reactive ketones (excluding diaryl/α,β-unsaturated/α-hetero) is 2. The summed E-state index contributed by atoms with van der Waals surface area (Å²) < 4.78 is 0. The van der Waals surface area contributed by atoms with Crippen LogP contribution in [0.25, 0.3) is 0 Å². The number of allylic oxidation sites excluding steroid dienone is 2. The van der Waals surface area contributed by atoms with Gasteiger partial charge in [0.05, 0.1) is 0 Å². The fraction of sp³-hybridized carbons (Fsp3) is 0.333. The molecule has 2 atom stereocenters. The zero-order valence-corrected chi connectivity index (χ0v) is 9.40. The first-order valence-corrected chi connectivity index (χ1v) is 6.15. The fourth-order valence-corrected chi connectivity index (χ4v) is 3.15. The van der Waals surface area contributed by atoms with Gasteiger partial charge in [-0.15, -0.1) is 0 Å². The van der Waals surface area contributed by atoms with Crippen molar-refractivity contribution in [1.82, 2.24) is 0 Å². The van der Waals surface area contributed by atoms with Gasteiger partial charge in [-0.3, -0.25) is 9.59 Å². The van der Waals surface area contributed by atoms with Gasteiger partial charge in [0, 0.05) is 23.0 Å². The van der Waals surface area contributed by atoms with Crippen molar-refractivity contribution in [1.29, 1.82) is 0 Å². The molecule has 0 saturated carbocycles. The average Bonchev–Trinajstić information content (AvgIpc) is 3.12. The number of hydrogen-bond donors (Lipinski definition) is 0. The van der Waals surface area contributed by atoms with Crippen LogP contribution in [0.1, 0.15) is 44.7 Å². The molecule has 2 heteroatoms. The zero-order chi connectivity index (χ0) is 11.6. The van der Waals surface area contributed by atoms with Crippen molar-refractivity contribution in [3.8, 4) is 0 Å². The van der Waals surface area contributed by atoms with Crippen molar-refractivity contribution in [2.45, 2.75) is 19.3 Å². The van der Waals surface area contributed by atoms with Gasteiger partial charge in [-0.05, 0) is 42.5 Å². The van der Waals surface area contributed by atoms with Crippen molar-refractivity contribution in [2.75, 3.05) is 0 Å². The molecule has 1 aromatic rings. The van der Waals surface area contributed by atoms with E-state index >= 15 is 0 Å². The lowest BCUT2D eigenvalue weighted by Crippen LogP contribution is -2.37. The van der Waals surface area contributed by atoms with Crippen molar-refractivity contribution in [3.63, 3.8) is 0 Å². The van der Waals surface area contributed by atoms with Gasteiger partial charge in [0.25, 0.3) is 0 Å². The first-order valence-electron chi connectivity index (χ1n) is 6.15. The molecule has 1 aromatic carbocycles. The molecule has 0 aromatic heterocycles. The maximum Gasteiger partial charge on any atom is 0.167 e. The highest BCUT2D eigenvalue weighted by atomic mass is 16.1. The van der Waals surface area contributed by atoms with Crippen LogP contribution in [0.5, 0.6) is 0 Å². The maximum atomic E-state index is 12.4. The lowest BCUT2D eigenvalue weighted by molar-refractivity contribution is 0.0729. The SMILES string of the molecule is O=C1c2cc3c(cc2C(=O)[C@@H]2CC=CC[C@H]12)C3. The van der Waals surface area contributed by atoms with Gasteiger partial charge in [0.2, 0.25) is 0 Å². The molecule has 2 nitrogen and oxygen atoms in total. The molecule has 0 fully saturated rings. The minimum absolute atomic E-state index is 0.100. The summed E-state index contributed by atoms with van der Waals surface area (Å²) in [6, 6.07) is 3.89. The molecule has 4 rings (SSSR count). The summed E-state index contributed by atoms with van der Waals surface area (Å²) in [6.07, 6.45) is 6.48. The Morgan fingerprint density at radius 3 is 1.76 bits per heavy atom. The van der Waals surface area contributed by atoms with Crippen molar-refractivity contribution in [2.24, 2.45) is 11.8 Å². The van der Waals surface area contributed by atoms with E-state index in [4.69, 9.17) is 0 Å². The van der Waals surface area contributed by atoms with Gasteiger partial charge in [-0.2, -0.15) is 0 Å². The van der Waals surface area contributed by atoms with E-state index in [-0.39, 0.29) is 23.4 Å². The van der Waals surface area contributed by atoms with Crippen LogP contribution in [0.3, 0.4) is 0 Å². The third kappa shape index (κ3) is 1.15. The highest BCUT2D eigenvalue weighted by Gasteiger charge is 2.42. The molecule has 0 N–H and O–H groups in total. The van der Waals surface area contributed by atoms with E-state index in [9.17, 15) is 9.59 Å². The Morgan fingerprint density at radius 2 is 1.29 bits per heavy atom. The van der Waals surface area contributed by atoms with Gasteiger partial charge >= 0.3 is 0 Å². The first kappa shape index (κ1) is 9.34. The second kappa shape index (κ2) is 2.95. The third-order valence-corrected chi connectivity index (χ3v) is 4.23. The molecule has 0 bridgehead atoms. The second-order valence-electron chi connectivity index (χ2n) is 5.23. The summed E-state index contributed by atoms with van der Waals surface area (Å²) in [6.45, 7) is 0. The van der Waals surface area contributed by atoms with Crippen LogP contribution in [0.2, 0.25) is 0 Å². The third-order valence-electron chi connectivity index (χ3n) is 4.23. The van der Waals surface area contributed by atoms with Crippen LogP contribution in [-0.4, -0.2) is 11.6 Å². The first-order chi connectivity index (χ1) is 8.25.